The molecular weight excluding hydrogens is 328 g/mol. The van der Waals surface area contributed by atoms with Crippen LogP contribution in [0.4, 0.5) is 5.69 Å². The highest BCUT2D eigenvalue weighted by atomic mass is 16.5. The van der Waals surface area contributed by atoms with Gasteiger partial charge in [0.15, 0.2) is 0 Å². The number of nitriles is 1. The number of aryl methyl sites for hydroxylation is 1. The Bertz CT molecular complexity index is 724. The minimum absolute atomic E-state index is 0.187. The van der Waals surface area contributed by atoms with E-state index in [2.05, 4.69) is 47.9 Å². The fraction of sp³-hybridized carbons (Fsp3) is 0.500. The molecule has 0 bridgehead atoms. The highest BCUT2D eigenvalue weighted by Crippen LogP contribution is 2.24. The van der Waals surface area contributed by atoms with Crippen molar-refractivity contribution in [3.05, 3.63) is 41.1 Å². The number of ether oxygens (including phenoxy) is 1. The SMILES string of the molecule is Cc1cccc(N2CCN(/C=C(/C#N)C(=O)N3CCOCC3)CC2)c1C. The molecule has 6 nitrogen and oxygen atoms in total. The first-order chi connectivity index (χ1) is 12.6. The van der Waals surface area contributed by atoms with E-state index in [0.29, 0.717) is 26.3 Å². The summed E-state index contributed by atoms with van der Waals surface area (Å²) in [7, 11) is 0. The smallest absolute Gasteiger partial charge is 0.266 e. The fourth-order valence-corrected chi connectivity index (χ4v) is 3.42. The second-order valence-corrected chi connectivity index (χ2v) is 6.80. The molecule has 6 heteroatoms. The van der Waals surface area contributed by atoms with Crippen LogP contribution in [-0.4, -0.2) is 68.2 Å². The number of benzene rings is 1. The number of nitrogens with zero attached hydrogens (tertiary/aromatic N) is 4. The molecule has 26 heavy (non-hydrogen) atoms. The van der Waals surface area contributed by atoms with Gasteiger partial charge in [-0.15, -0.1) is 0 Å². The van der Waals surface area contributed by atoms with Crippen molar-refractivity contribution in [2.24, 2.45) is 0 Å². The molecule has 0 unspecified atom stereocenters. The predicted octanol–water partition coefficient (Wildman–Crippen LogP) is 1.69. The molecule has 0 aromatic heterocycles. The van der Waals surface area contributed by atoms with Crippen molar-refractivity contribution in [1.82, 2.24) is 9.80 Å². The van der Waals surface area contributed by atoms with Crippen molar-refractivity contribution in [3.8, 4) is 6.07 Å². The lowest BCUT2D eigenvalue weighted by Gasteiger charge is -2.37. The number of carbonyl (C=O) groups excluding carboxylic acids is 1. The largest absolute Gasteiger partial charge is 0.378 e. The molecule has 0 atom stereocenters. The first-order valence-electron chi connectivity index (χ1n) is 9.14. The zero-order chi connectivity index (χ0) is 18.5. The van der Waals surface area contributed by atoms with Crippen molar-refractivity contribution >= 4 is 11.6 Å². The van der Waals surface area contributed by atoms with Gasteiger partial charge in [0.2, 0.25) is 0 Å². The molecule has 2 aliphatic heterocycles. The molecule has 0 radical (unpaired) electrons. The molecule has 1 amide bonds. The first kappa shape index (κ1) is 18.3. The van der Waals surface area contributed by atoms with E-state index in [0.717, 1.165) is 26.2 Å². The summed E-state index contributed by atoms with van der Waals surface area (Å²) in [5, 5.41) is 9.42. The summed E-state index contributed by atoms with van der Waals surface area (Å²) in [4.78, 5) is 18.7. The quantitative estimate of drug-likeness (QED) is 0.611. The number of hydrogen-bond acceptors (Lipinski definition) is 5. The molecule has 0 aliphatic carbocycles. The van der Waals surface area contributed by atoms with Crippen LogP contribution in [0.25, 0.3) is 0 Å². The number of anilines is 1. The summed E-state index contributed by atoms with van der Waals surface area (Å²) in [6.07, 6.45) is 1.73. The van der Waals surface area contributed by atoms with Crippen LogP contribution in [0.2, 0.25) is 0 Å². The maximum Gasteiger partial charge on any atom is 0.266 e. The van der Waals surface area contributed by atoms with Crippen molar-refractivity contribution < 1.29 is 9.53 Å². The van der Waals surface area contributed by atoms with E-state index in [1.54, 1.807) is 11.1 Å². The summed E-state index contributed by atoms with van der Waals surface area (Å²) < 4.78 is 5.27. The lowest BCUT2D eigenvalue weighted by Crippen LogP contribution is -2.45. The van der Waals surface area contributed by atoms with Gasteiger partial charge in [-0.1, -0.05) is 12.1 Å². The van der Waals surface area contributed by atoms with Gasteiger partial charge in [-0.05, 0) is 31.0 Å². The van der Waals surface area contributed by atoms with E-state index < -0.39 is 0 Å². The molecule has 0 spiro atoms. The van der Waals surface area contributed by atoms with Crippen LogP contribution < -0.4 is 4.90 Å². The van der Waals surface area contributed by atoms with Crippen molar-refractivity contribution in [1.29, 1.82) is 5.26 Å². The Labute approximate surface area is 155 Å². The Hall–Kier alpha value is -2.52. The molecule has 1 aromatic carbocycles. The lowest BCUT2D eigenvalue weighted by molar-refractivity contribution is -0.130. The molecule has 138 valence electrons. The summed E-state index contributed by atoms with van der Waals surface area (Å²) >= 11 is 0. The topological polar surface area (TPSA) is 59.8 Å². The molecule has 0 N–H and O–H groups in total. The van der Waals surface area contributed by atoms with Gasteiger partial charge in [0.1, 0.15) is 11.6 Å². The fourth-order valence-electron chi connectivity index (χ4n) is 3.42. The third-order valence-electron chi connectivity index (χ3n) is 5.19. The van der Waals surface area contributed by atoms with Crippen LogP contribution in [0, 0.1) is 25.2 Å². The summed E-state index contributed by atoms with van der Waals surface area (Å²) in [6, 6.07) is 8.47. The van der Waals surface area contributed by atoms with Crippen molar-refractivity contribution in [3.63, 3.8) is 0 Å². The van der Waals surface area contributed by atoms with E-state index >= 15 is 0 Å². The van der Waals surface area contributed by atoms with Crippen molar-refractivity contribution in [2.45, 2.75) is 13.8 Å². The zero-order valence-electron chi connectivity index (χ0n) is 15.6. The monoisotopic (exact) mass is 354 g/mol. The van der Waals surface area contributed by atoms with Crippen LogP contribution >= 0.6 is 0 Å². The standard InChI is InChI=1S/C20H26N4O2/c1-16-4-3-5-19(17(16)2)23-8-6-22(7-9-23)15-18(14-21)20(25)24-10-12-26-13-11-24/h3-5,15H,6-13H2,1-2H3/b18-15-. The van der Waals surface area contributed by atoms with Gasteiger partial charge in [-0.3, -0.25) is 4.79 Å². The first-order valence-corrected chi connectivity index (χ1v) is 9.14. The molecule has 0 saturated carbocycles. The lowest BCUT2D eigenvalue weighted by atomic mass is 10.1. The minimum Gasteiger partial charge on any atom is -0.378 e. The minimum atomic E-state index is -0.187. The Morgan fingerprint density at radius 3 is 2.46 bits per heavy atom. The third kappa shape index (κ3) is 4.00. The molecular formula is C20H26N4O2. The third-order valence-corrected chi connectivity index (χ3v) is 5.19. The van der Waals surface area contributed by atoms with Gasteiger partial charge in [0.05, 0.1) is 13.2 Å². The molecule has 2 heterocycles. The number of amides is 1. The Morgan fingerprint density at radius 1 is 1.12 bits per heavy atom. The highest BCUT2D eigenvalue weighted by Gasteiger charge is 2.23. The predicted molar refractivity (Wildman–Crippen MR) is 101 cm³/mol. The summed E-state index contributed by atoms with van der Waals surface area (Å²) in [6.45, 7) is 9.84. The van der Waals surface area contributed by atoms with Crippen LogP contribution in [0.1, 0.15) is 11.1 Å². The molecule has 1 aromatic rings. The normalized spacial score (nSPS) is 18.7. The van der Waals surface area contributed by atoms with Gasteiger partial charge in [0, 0.05) is 51.2 Å². The van der Waals surface area contributed by atoms with Gasteiger partial charge in [-0.2, -0.15) is 5.26 Å². The highest BCUT2D eigenvalue weighted by molar-refractivity contribution is 5.97. The van der Waals surface area contributed by atoms with Gasteiger partial charge in [-0.25, -0.2) is 0 Å². The number of morpholine rings is 1. The van der Waals surface area contributed by atoms with Gasteiger partial charge in [0.25, 0.3) is 5.91 Å². The maximum atomic E-state index is 12.5. The number of rotatable bonds is 3. The Balaban J connectivity index is 1.63. The molecule has 2 fully saturated rings. The van der Waals surface area contributed by atoms with Crippen LogP contribution in [0.5, 0.6) is 0 Å². The Morgan fingerprint density at radius 2 is 1.81 bits per heavy atom. The summed E-state index contributed by atoms with van der Waals surface area (Å²) in [5.41, 5.74) is 4.11. The number of piperazine rings is 1. The van der Waals surface area contributed by atoms with Crippen LogP contribution in [-0.2, 0) is 9.53 Å². The van der Waals surface area contributed by atoms with E-state index in [-0.39, 0.29) is 11.5 Å². The van der Waals surface area contributed by atoms with Gasteiger partial charge < -0.3 is 19.4 Å². The van der Waals surface area contributed by atoms with E-state index in [9.17, 15) is 10.1 Å². The number of hydrogen-bond donors (Lipinski definition) is 0. The molecule has 2 aliphatic rings. The zero-order valence-corrected chi connectivity index (χ0v) is 15.6. The molecule has 3 rings (SSSR count). The van der Waals surface area contributed by atoms with E-state index in [4.69, 9.17) is 4.74 Å². The van der Waals surface area contributed by atoms with Crippen LogP contribution in [0.15, 0.2) is 30.0 Å². The van der Waals surface area contributed by atoms with E-state index in [1.165, 1.54) is 16.8 Å². The van der Waals surface area contributed by atoms with Crippen molar-refractivity contribution in [2.75, 3.05) is 57.4 Å². The van der Waals surface area contributed by atoms with E-state index in [1.807, 2.05) is 0 Å². The van der Waals surface area contributed by atoms with Crippen LogP contribution in [0.3, 0.4) is 0 Å². The number of carbonyl (C=O) groups is 1. The van der Waals surface area contributed by atoms with Gasteiger partial charge >= 0.3 is 0 Å². The second kappa shape index (κ2) is 8.24. The summed E-state index contributed by atoms with van der Waals surface area (Å²) in [5.74, 6) is -0.187. The maximum absolute atomic E-state index is 12.5. The second-order valence-electron chi connectivity index (χ2n) is 6.80. The average Bonchev–Trinajstić information content (AvgIpc) is 2.69. The molecule has 2 saturated heterocycles. The average molecular weight is 354 g/mol. The Kier molecular flexibility index (Phi) is 5.79.